The minimum atomic E-state index is -1.56. The van der Waals surface area contributed by atoms with Gasteiger partial charge in [-0.3, -0.25) is 4.79 Å². The maximum absolute atomic E-state index is 12.0. The molecule has 5 unspecified atom stereocenters. The van der Waals surface area contributed by atoms with Crippen molar-refractivity contribution in [3.8, 4) is 5.75 Å². The molecule has 8 nitrogen and oxygen atoms in total. The lowest BCUT2D eigenvalue weighted by molar-refractivity contribution is -0.277. The smallest absolute Gasteiger partial charge is 0.229 e. The number of hydrogen-bond donors (Lipinski definition) is 4. The third-order valence-corrected chi connectivity index (χ3v) is 3.74. The van der Waals surface area contributed by atoms with E-state index in [0.717, 1.165) is 0 Å². The van der Waals surface area contributed by atoms with Crippen molar-refractivity contribution in [3.63, 3.8) is 0 Å². The first-order valence-electron chi connectivity index (χ1n) is 7.00. The van der Waals surface area contributed by atoms with E-state index in [-0.39, 0.29) is 16.6 Å². The number of fused-ring (bicyclic) bond motifs is 1. The highest BCUT2D eigenvalue weighted by molar-refractivity contribution is 5.83. The molecule has 0 saturated carbocycles. The first-order chi connectivity index (χ1) is 11.0. The van der Waals surface area contributed by atoms with Gasteiger partial charge in [-0.2, -0.15) is 0 Å². The minimum Gasteiger partial charge on any atom is -0.464 e. The molecule has 5 atom stereocenters. The van der Waals surface area contributed by atoms with Gasteiger partial charge in [0.25, 0.3) is 0 Å². The van der Waals surface area contributed by atoms with Crippen molar-refractivity contribution in [2.24, 2.45) is 0 Å². The summed E-state index contributed by atoms with van der Waals surface area (Å²) in [7, 11) is 0. The van der Waals surface area contributed by atoms with Crippen LogP contribution in [0.3, 0.4) is 0 Å². The van der Waals surface area contributed by atoms with E-state index >= 15 is 0 Å². The zero-order valence-corrected chi connectivity index (χ0v) is 11.9. The molecule has 2 aromatic rings. The third-order valence-electron chi connectivity index (χ3n) is 3.74. The summed E-state index contributed by atoms with van der Waals surface area (Å²) in [4.78, 5) is 12.0. The van der Waals surface area contributed by atoms with E-state index in [1.54, 1.807) is 12.1 Å². The Morgan fingerprint density at radius 3 is 2.61 bits per heavy atom. The van der Waals surface area contributed by atoms with Gasteiger partial charge in [0.15, 0.2) is 5.43 Å². The van der Waals surface area contributed by atoms with Crippen molar-refractivity contribution in [3.05, 3.63) is 40.8 Å². The Hall–Kier alpha value is -1.97. The maximum Gasteiger partial charge on any atom is 0.229 e. The molecule has 0 amide bonds. The molecule has 0 bridgehead atoms. The third kappa shape index (κ3) is 2.82. The van der Waals surface area contributed by atoms with Crippen molar-refractivity contribution < 1.29 is 34.3 Å². The van der Waals surface area contributed by atoms with Gasteiger partial charge in [-0.1, -0.05) is 6.07 Å². The molecule has 8 heteroatoms. The molecule has 1 aliphatic rings. The van der Waals surface area contributed by atoms with Crippen LogP contribution in [-0.4, -0.2) is 57.7 Å². The monoisotopic (exact) mass is 324 g/mol. The highest BCUT2D eigenvalue weighted by Gasteiger charge is 2.44. The van der Waals surface area contributed by atoms with Crippen LogP contribution < -0.4 is 10.2 Å². The number of benzene rings is 1. The molecule has 0 radical (unpaired) electrons. The Kier molecular flexibility index (Phi) is 4.33. The summed E-state index contributed by atoms with van der Waals surface area (Å²) in [6.07, 6.45) is -5.80. The van der Waals surface area contributed by atoms with Crippen LogP contribution in [0.1, 0.15) is 0 Å². The largest absolute Gasteiger partial charge is 0.464 e. The van der Waals surface area contributed by atoms with Crippen LogP contribution in [0.4, 0.5) is 0 Å². The number of aliphatic hydroxyl groups is 4. The Labute approximate surface area is 130 Å². The lowest BCUT2D eigenvalue weighted by Gasteiger charge is -2.39. The molecular weight excluding hydrogens is 308 g/mol. The fourth-order valence-corrected chi connectivity index (χ4v) is 2.49. The Bertz CT molecular complexity index is 734. The second-order valence-corrected chi connectivity index (χ2v) is 5.23. The molecule has 1 aromatic carbocycles. The Balaban J connectivity index is 1.94. The van der Waals surface area contributed by atoms with E-state index in [0.29, 0.717) is 5.58 Å². The summed E-state index contributed by atoms with van der Waals surface area (Å²) in [5.41, 5.74) is -0.0500. The van der Waals surface area contributed by atoms with Crippen molar-refractivity contribution >= 4 is 11.0 Å². The summed E-state index contributed by atoms with van der Waals surface area (Å²) in [5, 5.41) is 38.8. The standard InChI is InChI=1S/C15H16O8/c16-6-10-12(18)13(19)14(20)15(23-10)22-9-3-1-2-8-11(9)7(17)4-5-21-8/h1-5,10,12-16,18-20H,6H2. The van der Waals surface area contributed by atoms with Gasteiger partial charge in [0.05, 0.1) is 12.9 Å². The highest BCUT2D eigenvalue weighted by Crippen LogP contribution is 2.28. The van der Waals surface area contributed by atoms with E-state index < -0.39 is 37.3 Å². The van der Waals surface area contributed by atoms with Gasteiger partial charge in [0.1, 0.15) is 41.1 Å². The number of rotatable bonds is 3. The molecular formula is C15H16O8. The van der Waals surface area contributed by atoms with E-state index in [1.807, 2.05) is 0 Å². The van der Waals surface area contributed by atoms with Crippen LogP contribution in [0.25, 0.3) is 11.0 Å². The van der Waals surface area contributed by atoms with Crippen LogP contribution in [0, 0.1) is 0 Å². The van der Waals surface area contributed by atoms with E-state index in [9.17, 15) is 20.1 Å². The van der Waals surface area contributed by atoms with Gasteiger partial charge in [0.2, 0.25) is 6.29 Å². The fourth-order valence-electron chi connectivity index (χ4n) is 2.49. The zero-order chi connectivity index (χ0) is 16.6. The summed E-state index contributed by atoms with van der Waals surface area (Å²) >= 11 is 0. The topological polar surface area (TPSA) is 130 Å². The molecule has 1 saturated heterocycles. The summed E-state index contributed by atoms with van der Waals surface area (Å²) in [5.74, 6) is 0.0983. The normalized spacial score (nSPS) is 31.2. The molecule has 4 N–H and O–H groups in total. The van der Waals surface area contributed by atoms with E-state index in [1.165, 1.54) is 18.4 Å². The fraction of sp³-hybridized carbons (Fsp3) is 0.400. The molecule has 124 valence electrons. The van der Waals surface area contributed by atoms with Gasteiger partial charge < -0.3 is 34.3 Å². The highest BCUT2D eigenvalue weighted by atomic mass is 16.7. The van der Waals surface area contributed by atoms with Crippen LogP contribution >= 0.6 is 0 Å². The lowest BCUT2D eigenvalue weighted by atomic mass is 9.99. The quantitative estimate of drug-likeness (QED) is 0.564. The summed E-state index contributed by atoms with van der Waals surface area (Å²) < 4.78 is 16.0. The predicted octanol–water partition coefficient (Wildman–Crippen LogP) is -1.03. The van der Waals surface area contributed by atoms with Gasteiger partial charge in [0, 0.05) is 6.07 Å². The maximum atomic E-state index is 12.0. The summed E-state index contributed by atoms with van der Waals surface area (Å²) in [6, 6.07) is 5.88. The van der Waals surface area contributed by atoms with E-state index in [2.05, 4.69) is 0 Å². The SMILES string of the molecule is O=c1ccoc2cccc(OC3OC(CO)C(O)C(O)C3O)c12. The number of ether oxygens (including phenoxy) is 2. The zero-order valence-electron chi connectivity index (χ0n) is 11.9. The van der Waals surface area contributed by atoms with Crippen LogP contribution in [-0.2, 0) is 4.74 Å². The van der Waals surface area contributed by atoms with Gasteiger partial charge >= 0.3 is 0 Å². The molecule has 0 aliphatic carbocycles. The number of aliphatic hydroxyl groups excluding tert-OH is 4. The molecule has 1 aromatic heterocycles. The average molecular weight is 324 g/mol. The Morgan fingerprint density at radius 1 is 1.09 bits per heavy atom. The summed E-state index contributed by atoms with van der Waals surface area (Å²) in [6.45, 7) is -0.567. The minimum absolute atomic E-state index is 0.0983. The van der Waals surface area contributed by atoms with Crippen LogP contribution in [0.5, 0.6) is 5.75 Å². The molecule has 23 heavy (non-hydrogen) atoms. The second-order valence-electron chi connectivity index (χ2n) is 5.23. The van der Waals surface area contributed by atoms with Crippen LogP contribution in [0.15, 0.2) is 39.7 Å². The van der Waals surface area contributed by atoms with Gasteiger partial charge in [-0.25, -0.2) is 0 Å². The first-order valence-corrected chi connectivity index (χ1v) is 7.00. The molecule has 1 fully saturated rings. The average Bonchev–Trinajstić information content (AvgIpc) is 2.55. The predicted molar refractivity (Wildman–Crippen MR) is 76.9 cm³/mol. The molecule has 3 rings (SSSR count). The number of hydrogen-bond acceptors (Lipinski definition) is 8. The van der Waals surface area contributed by atoms with Crippen molar-refractivity contribution in [1.82, 2.24) is 0 Å². The first kappa shape index (κ1) is 15.9. The van der Waals surface area contributed by atoms with Crippen molar-refractivity contribution in [1.29, 1.82) is 0 Å². The van der Waals surface area contributed by atoms with Crippen molar-refractivity contribution in [2.45, 2.75) is 30.7 Å². The molecule has 2 heterocycles. The second kappa shape index (κ2) is 6.26. The molecule has 0 spiro atoms. The van der Waals surface area contributed by atoms with Crippen LogP contribution in [0.2, 0.25) is 0 Å². The molecule has 1 aliphatic heterocycles. The van der Waals surface area contributed by atoms with Gasteiger partial charge in [-0.15, -0.1) is 0 Å². The van der Waals surface area contributed by atoms with Crippen molar-refractivity contribution in [2.75, 3.05) is 6.61 Å². The lowest BCUT2D eigenvalue weighted by Crippen LogP contribution is -2.60. The van der Waals surface area contributed by atoms with E-state index in [4.69, 9.17) is 19.0 Å². The van der Waals surface area contributed by atoms with Gasteiger partial charge in [-0.05, 0) is 12.1 Å². The Morgan fingerprint density at radius 2 is 1.87 bits per heavy atom.